The lowest BCUT2D eigenvalue weighted by Crippen LogP contribution is -2.18. The maximum Gasteiger partial charge on any atom is 0.244 e. The molecule has 0 unspecified atom stereocenters. The molecule has 0 bridgehead atoms. The van der Waals surface area contributed by atoms with E-state index >= 15 is 0 Å². The van der Waals surface area contributed by atoms with Crippen molar-refractivity contribution < 1.29 is 22.3 Å². The molecule has 0 radical (unpaired) electrons. The number of nitrogens with zero attached hydrogens (tertiary/aromatic N) is 1. The Hall–Kier alpha value is -3.07. The van der Waals surface area contributed by atoms with Crippen molar-refractivity contribution in [2.75, 3.05) is 12.4 Å². The van der Waals surface area contributed by atoms with Gasteiger partial charge in [-0.3, -0.25) is 4.79 Å². The molecule has 10 heteroatoms. The number of fused-ring (bicyclic) bond motifs is 1. The maximum atomic E-state index is 14.3. The third-order valence-electron chi connectivity index (χ3n) is 5.23. The SMILES string of the molecule is COc1ccc(Cl)cc1NC(=O)Cn1cc(S(=O)(=O)Cc2c(F)cccc2Cl)c2ccccc21. The van der Waals surface area contributed by atoms with E-state index in [2.05, 4.69) is 5.32 Å². The fourth-order valence-corrected chi connectivity index (χ4v) is 5.76. The molecule has 1 N–H and O–H groups in total. The van der Waals surface area contributed by atoms with Gasteiger partial charge in [-0.05, 0) is 36.4 Å². The van der Waals surface area contributed by atoms with Crippen LogP contribution in [0.15, 0.2) is 71.8 Å². The molecular weight excluding hydrogens is 502 g/mol. The molecule has 0 saturated heterocycles. The minimum Gasteiger partial charge on any atom is -0.495 e. The molecular formula is C24H19Cl2FN2O4S. The van der Waals surface area contributed by atoms with E-state index in [0.717, 1.165) is 6.07 Å². The third kappa shape index (κ3) is 4.89. The van der Waals surface area contributed by atoms with Crippen molar-refractivity contribution in [3.05, 3.63) is 88.3 Å². The summed E-state index contributed by atoms with van der Waals surface area (Å²) in [6, 6.07) is 15.6. The van der Waals surface area contributed by atoms with Crippen LogP contribution in [-0.2, 0) is 26.9 Å². The fourth-order valence-electron chi connectivity index (χ4n) is 3.65. The highest BCUT2D eigenvalue weighted by Crippen LogP contribution is 2.31. The van der Waals surface area contributed by atoms with Crippen LogP contribution in [0.2, 0.25) is 10.0 Å². The molecule has 34 heavy (non-hydrogen) atoms. The van der Waals surface area contributed by atoms with Crippen molar-refractivity contribution in [2.45, 2.75) is 17.2 Å². The summed E-state index contributed by atoms with van der Waals surface area (Å²) in [4.78, 5) is 12.8. The number of hydrogen-bond donors (Lipinski definition) is 1. The Balaban J connectivity index is 1.67. The van der Waals surface area contributed by atoms with Crippen LogP contribution in [0, 0.1) is 5.82 Å². The molecule has 1 aromatic heterocycles. The van der Waals surface area contributed by atoms with Gasteiger partial charge in [0.2, 0.25) is 5.91 Å². The van der Waals surface area contributed by atoms with Crippen LogP contribution in [0.1, 0.15) is 5.56 Å². The zero-order valence-corrected chi connectivity index (χ0v) is 20.2. The Morgan fingerprint density at radius 3 is 2.59 bits per heavy atom. The summed E-state index contributed by atoms with van der Waals surface area (Å²) in [5.41, 5.74) is 0.819. The second-order valence-electron chi connectivity index (χ2n) is 7.49. The monoisotopic (exact) mass is 520 g/mol. The number of sulfone groups is 1. The van der Waals surface area contributed by atoms with Gasteiger partial charge >= 0.3 is 0 Å². The highest BCUT2D eigenvalue weighted by molar-refractivity contribution is 7.90. The Labute approximate surface area is 205 Å². The molecule has 0 aliphatic carbocycles. The smallest absolute Gasteiger partial charge is 0.244 e. The summed E-state index contributed by atoms with van der Waals surface area (Å²) in [7, 11) is -2.52. The number of para-hydroxylation sites is 1. The average Bonchev–Trinajstić information content (AvgIpc) is 3.16. The lowest BCUT2D eigenvalue weighted by atomic mass is 10.2. The van der Waals surface area contributed by atoms with Crippen LogP contribution in [0.3, 0.4) is 0 Å². The summed E-state index contributed by atoms with van der Waals surface area (Å²) in [5.74, 6) is -1.30. The topological polar surface area (TPSA) is 77.4 Å². The Morgan fingerprint density at radius 2 is 1.85 bits per heavy atom. The van der Waals surface area contributed by atoms with E-state index in [1.807, 2.05) is 0 Å². The van der Waals surface area contributed by atoms with Gasteiger partial charge in [0.15, 0.2) is 9.84 Å². The predicted octanol–water partition coefficient (Wildman–Crippen LogP) is 5.71. The van der Waals surface area contributed by atoms with Crippen LogP contribution in [-0.4, -0.2) is 26.0 Å². The highest BCUT2D eigenvalue weighted by atomic mass is 35.5. The number of carbonyl (C=O) groups is 1. The Kier molecular flexibility index (Phi) is 6.84. The van der Waals surface area contributed by atoms with Crippen LogP contribution in [0.5, 0.6) is 5.75 Å². The molecule has 0 fully saturated rings. The average molecular weight is 521 g/mol. The summed E-state index contributed by atoms with van der Waals surface area (Å²) < 4.78 is 47.6. The van der Waals surface area contributed by atoms with Crippen LogP contribution in [0.25, 0.3) is 10.9 Å². The number of halogens is 3. The van der Waals surface area contributed by atoms with Crippen molar-refractivity contribution in [2.24, 2.45) is 0 Å². The molecule has 6 nitrogen and oxygen atoms in total. The van der Waals surface area contributed by atoms with E-state index in [4.69, 9.17) is 27.9 Å². The molecule has 3 aromatic carbocycles. The first kappa shape index (κ1) is 24.1. The van der Waals surface area contributed by atoms with Gasteiger partial charge in [0.05, 0.1) is 23.4 Å². The lowest BCUT2D eigenvalue weighted by molar-refractivity contribution is -0.116. The van der Waals surface area contributed by atoms with Crippen LogP contribution in [0.4, 0.5) is 10.1 Å². The molecule has 176 valence electrons. The minimum absolute atomic E-state index is 0.0180. The third-order valence-corrected chi connectivity index (χ3v) is 7.49. The first-order valence-electron chi connectivity index (χ1n) is 10.1. The van der Waals surface area contributed by atoms with Gasteiger partial charge in [0, 0.05) is 32.7 Å². The van der Waals surface area contributed by atoms with E-state index in [9.17, 15) is 17.6 Å². The second-order valence-corrected chi connectivity index (χ2v) is 10.3. The number of anilines is 1. The molecule has 0 aliphatic heterocycles. The molecule has 1 amide bonds. The lowest BCUT2D eigenvalue weighted by Gasteiger charge is -2.11. The number of rotatable bonds is 7. The van der Waals surface area contributed by atoms with Gasteiger partial charge < -0.3 is 14.6 Å². The van der Waals surface area contributed by atoms with Gasteiger partial charge in [-0.15, -0.1) is 0 Å². The first-order valence-corrected chi connectivity index (χ1v) is 12.5. The first-order chi connectivity index (χ1) is 16.2. The summed E-state index contributed by atoms with van der Waals surface area (Å²) >= 11 is 12.1. The quantitative estimate of drug-likeness (QED) is 0.338. The Bertz CT molecular complexity index is 1480. The molecule has 4 rings (SSSR count). The molecule has 0 spiro atoms. The molecule has 0 saturated carbocycles. The summed E-state index contributed by atoms with van der Waals surface area (Å²) in [6.07, 6.45) is 1.38. The number of carbonyl (C=O) groups excluding carboxylic acids is 1. The number of hydrogen-bond acceptors (Lipinski definition) is 4. The minimum atomic E-state index is -3.99. The van der Waals surface area contributed by atoms with E-state index < -0.39 is 27.3 Å². The molecule has 0 aliphatic rings. The van der Waals surface area contributed by atoms with Crippen molar-refractivity contribution in [1.29, 1.82) is 0 Å². The largest absolute Gasteiger partial charge is 0.495 e. The van der Waals surface area contributed by atoms with E-state index in [-0.39, 0.29) is 22.0 Å². The van der Waals surface area contributed by atoms with Crippen molar-refractivity contribution in [3.63, 3.8) is 0 Å². The van der Waals surface area contributed by atoms with E-state index in [0.29, 0.717) is 27.4 Å². The van der Waals surface area contributed by atoms with E-state index in [1.165, 1.54) is 30.0 Å². The van der Waals surface area contributed by atoms with Gasteiger partial charge in [-0.2, -0.15) is 0 Å². The fraction of sp³-hybridized carbons (Fsp3) is 0.125. The number of nitrogens with one attached hydrogen (secondary N) is 1. The predicted molar refractivity (Wildman–Crippen MR) is 131 cm³/mol. The highest BCUT2D eigenvalue weighted by Gasteiger charge is 2.25. The van der Waals surface area contributed by atoms with Crippen LogP contribution >= 0.6 is 23.2 Å². The van der Waals surface area contributed by atoms with Gasteiger partial charge in [-0.1, -0.05) is 47.5 Å². The van der Waals surface area contributed by atoms with Crippen molar-refractivity contribution >= 4 is 55.5 Å². The molecule has 0 atom stereocenters. The summed E-state index contributed by atoms with van der Waals surface area (Å²) in [5, 5.41) is 3.60. The number of aromatic nitrogens is 1. The number of methoxy groups -OCH3 is 1. The molecule has 4 aromatic rings. The zero-order chi connectivity index (χ0) is 24.5. The van der Waals surface area contributed by atoms with Gasteiger partial charge in [-0.25, -0.2) is 12.8 Å². The second kappa shape index (κ2) is 9.66. The number of amides is 1. The number of benzene rings is 3. The zero-order valence-electron chi connectivity index (χ0n) is 17.9. The standard InChI is InChI=1S/C24H19Cl2FN2O4S/c1-33-22-10-9-15(25)11-20(22)28-24(30)13-29-12-23(16-5-2-3-8-21(16)29)34(31,32)14-17-18(26)6-4-7-19(17)27/h2-12H,13-14H2,1H3,(H,28,30). The normalized spacial score (nSPS) is 11.5. The van der Waals surface area contributed by atoms with Gasteiger partial charge in [0.1, 0.15) is 18.1 Å². The molecule has 1 heterocycles. The van der Waals surface area contributed by atoms with Gasteiger partial charge in [0.25, 0.3) is 0 Å². The Morgan fingerprint density at radius 1 is 1.09 bits per heavy atom. The maximum absolute atomic E-state index is 14.3. The summed E-state index contributed by atoms with van der Waals surface area (Å²) in [6.45, 7) is -0.174. The van der Waals surface area contributed by atoms with Crippen molar-refractivity contribution in [3.8, 4) is 5.75 Å². The van der Waals surface area contributed by atoms with Crippen LogP contribution < -0.4 is 10.1 Å². The number of ether oxygens (including phenoxy) is 1. The van der Waals surface area contributed by atoms with E-state index in [1.54, 1.807) is 42.5 Å². The van der Waals surface area contributed by atoms with Crippen molar-refractivity contribution in [1.82, 2.24) is 4.57 Å².